The van der Waals surface area contributed by atoms with Gasteiger partial charge in [0, 0.05) is 38.3 Å². The van der Waals surface area contributed by atoms with E-state index in [2.05, 4.69) is 29.4 Å². The largest absolute Gasteiger partial charge is 0.315 e. The molecule has 0 aromatic heterocycles. The van der Waals surface area contributed by atoms with Crippen LogP contribution >= 0.6 is 0 Å². The van der Waals surface area contributed by atoms with E-state index in [0.717, 1.165) is 18.0 Å². The zero-order valence-electron chi connectivity index (χ0n) is 10.1. The number of piperazine rings is 1. The minimum Gasteiger partial charge on any atom is -0.315 e. The number of hydrogen-bond donors (Lipinski definition) is 2. The van der Waals surface area contributed by atoms with Crippen LogP contribution in [0.15, 0.2) is 0 Å². The molecule has 0 radical (unpaired) electrons. The third kappa shape index (κ3) is 2.92. The van der Waals surface area contributed by atoms with E-state index in [1.54, 1.807) is 0 Å². The molecule has 2 N–H and O–H groups in total. The third-order valence-electron chi connectivity index (χ3n) is 3.64. The van der Waals surface area contributed by atoms with Crippen molar-refractivity contribution in [2.75, 3.05) is 32.7 Å². The summed E-state index contributed by atoms with van der Waals surface area (Å²) in [7, 11) is 0. The van der Waals surface area contributed by atoms with Gasteiger partial charge in [-0.2, -0.15) is 0 Å². The van der Waals surface area contributed by atoms with Crippen LogP contribution in [-0.2, 0) is 0 Å². The SMILES string of the molecule is CC(C)CC1CNCCN1C1CCNC1. The van der Waals surface area contributed by atoms with Gasteiger partial charge in [0.1, 0.15) is 0 Å². The smallest absolute Gasteiger partial charge is 0.0236 e. The standard InChI is InChI=1S/C12H25N3/c1-10(2)7-12-9-14-5-6-15(12)11-3-4-13-8-11/h10-14H,3-9H2,1-2H3. The van der Waals surface area contributed by atoms with Crippen LogP contribution in [0.2, 0.25) is 0 Å². The molecule has 2 aliphatic rings. The van der Waals surface area contributed by atoms with Crippen molar-refractivity contribution in [3.05, 3.63) is 0 Å². The fourth-order valence-corrected chi connectivity index (χ4v) is 2.94. The van der Waals surface area contributed by atoms with Gasteiger partial charge >= 0.3 is 0 Å². The molecule has 0 aromatic rings. The second-order valence-corrected chi connectivity index (χ2v) is 5.37. The van der Waals surface area contributed by atoms with Crippen molar-refractivity contribution in [1.82, 2.24) is 15.5 Å². The Morgan fingerprint density at radius 3 is 2.67 bits per heavy atom. The molecule has 3 heteroatoms. The molecule has 0 saturated carbocycles. The Morgan fingerprint density at radius 1 is 1.20 bits per heavy atom. The van der Waals surface area contributed by atoms with E-state index in [4.69, 9.17) is 0 Å². The first-order valence-electron chi connectivity index (χ1n) is 6.44. The van der Waals surface area contributed by atoms with E-state index in [-0.39, 0.29) is 0 Å². The van der Waals surface area contributed by atoms with Crippen LogP contribution in [0.25, 0.3) is 0 Å². The molecule has 2 fully saturated rings. The molecule has 2 rings (SSSR count). The van der Waals surface area contributed by atoms with Gasteiger partial charge in [0.2, 0.25) is 0 Å². The summed E-state index contributed by atoms with van der Waals surface area (Å²) in [5, 5.41) is 7.01. The molecule has 3 nitrogen and oxygen atoms in total. The van der Waals surface area contributed by atoms with E-state index < -0.39 is 0 Å². The Morgan fingerprint density at radius 2 is 2.00 bits per heavy atom. The van der Waals surface area contributed by atoms with Crippen LogP contribution in [-0.4, -0.2) is 49.7 Å². The van der Waals surface area contributed by atoms with Gasteiger partial charge in [0.25, 0.3) is 0 Å². The Balaban J connectivity index is 1.92. The minimum absolute atomic E-state index is 0.767. The highest BCUT2D eigenvalue weighted by Gasteiger charge is 2.30. The Bertz CT molecular complexity index is 187. The summed E-state index contributed by atoms with van der Waals surface area (Å²) in [5.74, 6) is 0.812. The maximum atomic E-state index is 3.53. The van der Waals surface area contributed by atoms with Crippen molar-refractivity contribution in [2.24, 2.45) is 5.92 Å². The second-order valence-electron chi connectivity index (χ2n) is 5.37. The highest BCUT2D eigenvalue weighted by atomic mass is 15.3. The number of hydrogen-bond acceptors (Lipinski definition) is 3. The quantitative estimate of drug-likeness (QED) is 0.718. The molecule has 15 heavy (non-hydrogen) atoms. The van der Waals surface area contributed by atoms with Gasteiger partial charge in [0.05, 0.1) is 0 Å². The molecule has 0 spiro atoms. The molecule has 2 saturated heterocycles. The van der Waals surface area contributed by atoms with Gasteiger partial charge < -0.3 is 10.6 Å². The highest BCUT2D eigenvalue weighted by Crippen LogP contribution is 2.19. The van der Waals surface area contributed by atoms with E-state index in [1.807, 2.05) is 0 Å². The maximum Gasteiger partial charge on any atom is 0.0236 e. The first-order chi connectivity index (χ1) is 7.27. The van der Waals surface area contributed by atoms with Crippen molar-refractivity contribution < 1.29 is 0 Å². The van der Waals surface area contributed by atoms with Crippen LogP contribution < -0.4 is 10.6 Å². The number of rotatable bonds is 3. The maximum absolute atomic E-state index is 3.53. The molecule has 0 aromatic carbocycles. The lowest BCUT2D eigenvalue weighted by atomic mass is 9.99. The Labute approximate surface area is 93.6 Å². The summed E-state index contributed by atoms with van der Waals surface area (Å²) in [6.45, 7) is 10.7. The van der Waals surface area contributed by atoms with Gasteiger partial charge in [0.15, 0.2) is 0 Å². The molecular weight excluding hydrogens is 186 g/mol. The van der Waals surface area contributed by atoms with Crippen LogP contribution in [0.4, 0.5) is 0 Å². The van der Waals surface area contributed by atoms with Crippen LogP contribution in [0.5, 0.6) is 0 Å². The van der Waals surface area contributed by atoms with Gasteiger partial charge in [-0.1, -0.05) is 13.8 Å². The van der Waals surface area contributed by atoms with Gasteiger partial charge in [-0.25, -0.2) is 0 Å². The topological polar surface area (TPSA) is 27.3 Å². The summed E-state index contributed by atoms with van der Waals surface area (Å²) < 4.78 is 0. The summed E-state index contributed by atoms with van der Waals surface area (Å²) >= 11 is 0. The summed E-state index contributed by atoms with van der Waals surface area (Å²) in [6.07, 6.45) is 2.68. The van der Waals surface area contributed by atoms with Crippen molar-refractivity contribution in [2.45, 2.75) is 38.8 Å². The lowest BCUT2D eigenvalue weighted by Crippen LogP contribution is -2.56. The first kappa shape index (κ1) is 11.4. The molecule has 0 bridgehead atoms. The fourth-order valence-electron chi connectivity index (χ4n) is 2.94. The predicted octanol–water partition coefficient (Wildman–Crippen LogP) is 0.668. The average Bonchev–Trinajstić information content (AvgIpc) is 2.70. The lowest BCUT2D eigenvalue weighted by molar-refractivity contribution is 0.1000. The van der Waals surface area contributed by atoms with Gasteiger partial charge in [-0.05, 0) is 25.3 Å². The molecule has 88 valence electrons. The average molecular weight is 211 g/mol. The molecule has 2 heterocycles. The van der Waals surface area contributed by atoms with Crippen LogP contribution in [0.1, 0.15) is 26.7 Å². The molecule has 2 aliphatic heterocycles. The van der Waals surface area contributed by atoms with E-state index in [9.17, 15) is 0 Å². The predicted molar refractivity (Wildman–Crippen MR) is 64.1 cm³/mol. The third-order valence-corrected chi connectivity index (χ3v) is 3.64. The highest BCUT2D eigenvalue weighted by molar-refractivity contribution is 4.89. The monoisotopic (exact) mass is 211 g/mol. The molecule has 2 unspecified atom stereocenters. The Hall–Kier alpha value is -0.120. The van der Waals surface area contributed by atoms with Crippen molar-refractivity contribution in [3.63, 3.8) is 0 Å². The normalized spacial score (nSPS) is 33.8. The van der Waals surface area contributed by atoms with E-state index >= 15 is 0 Å². The minimum atomic E-state index is 0.767. The summed E-state index contributed by atoms with van der Waals surface area (Å²) in [5.41, 5.74) is 0. The molecule has 0 aliphatic carbocycles. The fraction of sp³-hybridized carbons (Fsp3) is 1.00. The molecular formula is C12H25N3. The first-order valence-corrected chi connectivity index (χ1v) is 6.44. The lowest BCUT2D eigenvalue weighted by Gasteiger charge is -2.40. The van der Waals surface area contributed by atoms with Crippen LogP contribution in [0.3, 0.4) is 0 Å². The molecule has 2 atom stereocenters. The van der Waals surface area contributed by atoms with Crippen molar-refractivity contribution >= 4 is 0 Å². The summed E-state index contributed by atoms with van der Waals surface area (Å²) in [4.78, 5) is 2.75. The van der Waals surface area contributed by atoms with Crippen molar-refractivity contribution in [1.29, 1.82) is 0 Å². The Kier molecular flexibility index (Phi) is 4.00. The second kappa shape index (κ2) is 5.28. The van der Waals surface area contributed by atoms with Gasteiger partial charge in [-0.15, -0.1) is 0 Å². The van der Waals surface area contributed by atoms with E-state index in [1.165, 1.54) is 45.6 Å². The zero-order chi connectivity index (χ0) is 10.7. The number of nitrogens with zero attached hydrogens (tertiary/aromatic N) is 1. The van der Waals surface area contributed by atoms with E-state index in [0.29, 0.717) is 0 Å². The van der Waals surface area contributed by atoms with Crippen molar-refractivity contribution in [3.8, 4) is 0 Å². The summed E-state index contributed by atoms with van der Waals surface area (Å²) in [6, 6.07) is 1.57. The molecule has 0 amide bonds. The number of nitrogens with one attached hydrogen (secondary N) is 2. The van der Waals surface area contributed by atoms with Gasteiger partial charge in [-0.3, -0.25) is 4.90 Å². The zero-order valence-corrected chi connectivity index (χ0v) is 10.1. The van der Waals surface area contributed by atoms with Crippen LogP contribution in [0, 0.1) is 5.92 Å².